The van der Waals surface area contributed by atoms with Crippen molar-refractivity contribution in [3.63, 3.8) is 0 Å². The molecular formula is C17H23NO3S. The Balaban J connectivity index is 1.73. The number of sulfonamides is 1. The van der Waals surface area contributed by atoms with Crippen LogP contribution < -0.4 is 0 Å². The molecule has 4 aliphatic rings. The van der Waals surface area contributed by atoms with Gasteiger partial charge in [-0.25, -0.2) is 12.7 Å². The Hall–Kier alpha value is -1.10. The molecule has 0 radical (unpaired) electrons. The molecule has 5 heteroatoms. The van der Waals surface area contributed by atoms with Gasteiger partial charge in [0, 0.05) is 5.41 Å². The lowest BCUT2D eigenvalue weighted by molar-refractivity contribution is -0.131. The number of hydrogen-bond donors (Lipinski definition) is 0. The molecule has 1 heterocycles. The second-order valence-corrected chi connectivity index (χ2v) is 9.76. The summed E-state index contributed by atoms with van der Waals surface area (Å²) in [5.41, 5.74) is -0.206. The molecule has 1 aliphatic heterocycles. The van der Waals surface area contributed by atoms with Crippen molar-refractivity contribution < 1.29 is 13.2 Å². The van der Waals surface area contributed by atoms with Crippen molar-refractivity contribution in [2.45, 2.75) is 45.6 Å². The van der Waals surface area contributed by atoms with Gasteiger partial charge in [0.15, 0.2) is 0 Å². The molecule has 0 N–H and O–H groups in total. The molecule has 2 saturated carbocycles. The van der Waals surface area contributed by atoms with E-state index in [0.29, 0.717) is 12.3 Å². The summed E-state index contributed by atoms with van der Waals surface area (Å²) >= 11 is 0. The van der Waals surface area contributed by atoms with Crippen LogP contribution in [0, 0.1) is 22.7 Å². The smallest absolute Gasteiger partial charge is 0.243 e. The van der Waals surface area contributed by atoms with Crippen molar-refractivity contribution in [3.8, 4) is 0 Å². The van der Waals surface area contributed by atoms with E-state index in [0.717, 1.165) is 19.3 Å². The molecule has 4 nitrogen and oxygen atoms in total. The normalized spacial score (nSPS) is 43.5. The van der Waals surface area contributed by atoms with Gasteiger partial charge >= 0.3 is 0 Å². The zero-order valence-corrected chi connectivity index (χ0v) is 14.0. The summed E-state index contributed by atoms with van der Waals surface area (Å²) < 4.78 is 26.9. The predicted molar refractivity (Wildman–Crippen MR) is 84.4 cm³/mol. The quantitative estimate of drug-likeness (QED) is 0.745. The minimum absolute atomic E-state index is 0.0159. The maximum absolute atomic E-state index is 12.9. The summed E-state index contributed by atoms with van der Waals surface area (Å²) in [5, 5.41) is 0. The molecular weight excluding hydrogens is 298 g/mol. The highest BCUT2D eigenvalue weighted by Crippen LogP contribution is 2.70. The number of amides is 1. The molecule has 2 bridgehead atoms. The highest BCUT2D eigenvalue weighted by molar-refractivity contribution is 7.90. The largest absolute Gasteiger partial charge is 0.273 e. The molecule has 4 atom stereocenters. The van der Waals surface area contributed by atoms with Crippen LogP contribution in [0.5, 0.6) is 0 Å². The monoisotopic (exact) mass is 321 g/mol. The SMILES string of the molecule is CC1(C)[C@@H]2CC[C@]13CS(=O)(=O)N(C(=O)[C@H]1C=CC=CC1)[C@@H]3C2. The highest BCUT2D eigenvalue weighted by Gasteiger charge is 2.72. The lowest BCUT2D eigenvalue weighted by Gasteiger charge is -2.37. The van der Waals surface area contributed by atoms with Crippen LogP contribution in [0.2, 0.25) is 0 Å². The third kappa shape index (κ3) is 1.58. The maximum atomic E-state index is 12.9. The fourth-order valence-electron chi connectivity index (χ4n) is 5.51. The molecule has 1 amide bonds. The summed E-state index contributed by atoms with van der Waals surface area (Å²) in [5.74, 6) is 0.166. The fourth-order valence-corrected chi connectivity index (χ4v) is 8.09. The van der Waals surface area contributed by atoms with Crippen molar-refractivity contribution in [1.29, 1.82) is 0 Å². The molecule has 120 valence electrons. The average Bonchev–Trinajstić information content (AvgIpc) is 2.94. The Morgan fingerprint density at radius 1 is 1.27 bits per heavy atom. The fraction of sp³-hybridized carbons (Fsp3) is 0.706. The number of hydrogen-bond acceptors (Lipinski definition) is 3. The van der Waals surface area contributed by atoms with Crippen LogP contribution in [0.3, 0.4) is 0 Å². The Labute approximate surface area is 132 Å². The van der Waals surface area contributed by atoms with Gasteiger partial charge < -0.3 is 0 Å². The standard InChI is InChI=1S/C17H23NO3S/c1-16(2)13-8-9-17(16)11-22(20,21)18(14(17)10-13)15(19)12-6-4-3-5-7-12/h3-6,12-14H,7-11H2,1-2H3/t12-,13+,14+,17+/m0/s1. The Bertz CT molecular complexity index is 691. The Kier molecular flexibility index (Phi) is 2.80. The maximum Gasteiger partial charge on any atom is 0.243 e. The first-order valence-corrected chi connectivity index (χ1v) is 9.80. The predicted octanol–water partition coefficient (Wildman–Crippen LogP) is 2.49. The Morgan fingerprint density at radius 2 is 2.05 bits per heavy atom. The van der Waals surface area contributed by atoms with Gasteiger partial charge in [-0.2, -0.15) is 0 Å². The van der Waals surface area contributed by atoms with Crippen molar-refractivity contribution in [2.75, 3.05) is 5.75 Å². The minimum Gasteiger partial charge on any atom is -0.273 e. The number of nitrogens with zero attached hydrogens (tertiary/aromatic N) is 1. The van der Waals surface area contributed by atoms with E-state index in [-0.39, 0.29) is 34.4 Å². The van der Waals surface area contributed by atoms with Gasteiger partial charge in [0.1, 0.15) is 0 Å². The van der Waals surface area contributed by atoms with Gasteiger partial charge in [-0.05, 0) is 37.0 Å². The number of carbonyl (C=O) groups excluding carboxylic acids is 1. The molecule has 0 unspecified atom stereocenters. The number of rotatable bonds is 1. The second kappa shape index (κ2) is 4.25. The highest BCUT2D eigenvalue weighted by atomic mass is 32.2. The molecule has 0 aromatic rings. The van der Waals surface area contributed by atoms with E-state index in [4.69, 9.17) is 0 Å². The van der Waals surface area contributed by atoms with Crippen LogP contribution in [-0.2, 0) is 14.8 Å². The third-order valence-corrected chi connectivity index (χ3v) is 8.84. The van der Waals surface area contributed by atoms with Gasteiger partial charge in [-0.15, -0.1) is 0 Å². The molecule has 3 fully saturated rings. The van der Waals surface area contributed by atoms with Crippen LogP contribution in [0.1, 0.15) is 39.5 Å². The van der Waals surface area contributed by atoms with E-state index in [9.17, 15) is 13.2 Å². The van der Waals surface area contributed by atoms with E-state index in [1.54, 1.807) is 0 Å². The number of allylic oxidation sites excluding steroid dienone is 3. The average molecular weight is 321 g/mol. The Morgan fingerprint density at radius 3 is 2.68 bits per heavy atom. The van der Waals surface area contributed by atoms with Crippen LogP contribution in [0.4, 0.5) is 0 Å². The van der Waals surface area contributed by atoms with Crippen molar-refractivity contribution in [3.05, 3.63) is 24.3 Å². The van der Waals surface area contributed by atoms with Crippen LogP contribution in [0.15, 0.2) is 24.3 Å². The molecule has 3 aliphatic carbocycles. The summed E-state index contributed by atoms with van der Waals surface area (Å²) in [4.78, 5) is 12.9. The van der Waals surface area contributed by atoms with Gasteiger partial charge in [0.2, 0.25) is 15.9 Å². The van der Waals surface area contributed by atoms with Crippen LogP contribution in [-0.4, -0.2) is 30.4 Å². The molecule has 1 spiro atoms. The molecule has 0 aromatic carbocycles. The van der Waals surface area contributed by atoms with E-state index in [2.05, 4.69) is 13.8 Å². The van der Waals surface area contributed by atoms with E-state index in [1.807, 2.05) is 24.3 Å². The molecule has 22 heavy (non-hydrogen) atoms. The second-order valence-electron chi connectivity index (χ2n) is 7.91. The molecule has 4 rings (SSSR count). The van der Waals surface area contributed by atoms with Gasteiger partial charge in [-0.1, -0.05) is 38.2 Å². The zero-order chi connectivity index (χ0) is 15.8. The van der Waals surface area contributed by atoms with E-state index >= 15 is 0 Å². The first-order chi connectivity index (χ1) is 10.3. The number of fused-ring (bicyclic) bond motifs is 1. The topological polar surface area (TPSA) is 54.5 Å². The van der Waals surface area contributed by atoms with Gasteiger partial charge in [0.25, 0.3) is 0 Å². The summed E-state index contributed by atoms with van der Waals surface area (Å²) in [6.07, 6.45) is 11.0. The van der Waals surface area contributed by atoms with Crippen LogP contribution >= 0.6 is 0 Å². The van der Waals surface area contributed by atoms with Gasteiger partial charge in [0.05, 0.1) is 17.7 Å². The minimum atomic E-state index is -3.48. The van der Waals surface area contributed by atoms with Crippen molar-refractivity contribution >= 4 is 15.9 Å². The molecule has 0 aromatic heterocycles. The third-order valence-electron chi connectivity index (χ3n) is 6.93. The summed E-state index contributed by atoms with van der Waals surface area (Å²) in [6, 6.07) is -0.113. The number of carbonyl (C=O) groups is 1. The van der Waals surface area contributed by atoms with E-state index < -0.39 is 10.0 Å². The van der Waals surface area contributed by atoms with Crippen LogP contribution in [0.25, 0.3) is 0 Å². The molecule has 1 saturated heterocycles. The van der Waals surface area contributed by atoms with Crippen molar-refractivity contribution in [2.24, 2.45) is 22.7 Å². The van der Waals surface area contributed by atoms with E-state index in [1.165, 1.54) is 4.31 Å². The summed E-state index contributed by atoms with van der Waals surface area (Å²) in [6.45, 7) is 4.41. The zero-order valence-electron chi connectivity index (χ0n) is 13.2. The van der Waals surface area contributed by atoms with Gasteiger partial charge in [-0.3, -0.25) is 4.79 Å². The first-order valence-electron chi connectivity index (χ1n) is 8.19. The summed E-state index contributed by atoms with van der Waals surface area (Å²) in [7, 11) is -3.48. The first kappa shape index (κ1) is 14.5. The lowest BCUT2D eigenvalue weighted by atomic mass is 9.69. The lowest BCUT2D eigenvalue weighted by Crippen LogP contribution is -2.46. The van der Waals surface area contributed by atoms with Crippen molar-refractivity contribution in [1.82, 2.24) is 4.31 Å².